The molecule has 0 spiro atoms. The minimum atomic E-state index is -1.24. The summed E-state index contributed by atoms with van der Waals surface area (Å²) in [5.74, 6) is -5.76. The van der Waals surface area contributed by atoms with E-state index in [2.05, 4.69) is 21.3 Å². The Hall–Kier alpha value is -0.660. The molecule has 4 aromatic rings. The molecule has 20 N–H and O–H groups in total. The Kier molecular flexibility index (Phi) is 57.6. The highest BCUT2D eigenvalue weighted by Crippen LogP contribution is 2.42. The van der Waals surface area contributed by atoms with Crippen LogP contribution in [-0.4, -0.2) is 425 Å². The fourth-order valence-electron chi connectivity index (χ4n) is 11.4. The van der Waals surface area contributed by atoms with Crippen LogP contribution in [0.25, 0.3) is 0 Å². The lowest BCUT2D eigenvalue weighted by Gasteiger charge is -2.26. The summed E-state index contributed by atoms with van der Waals surface area (Å²) in [7, 11) is 11.3. The normalized spacial score (nSPS) is 13.1. The first-order valence-electron chi connectivity index (χ1n) is 38.3. The van der Waals surface area contributed by atoms with Crippen molar-refractivity contribution in [2.45, 2.75) is 74.5 Å². The van der Waals surface area contributed by atoms with Crippen LogP contribution in [0.5, 0.6) is 0 Å². The van der Waals surface area contributed by atoms with Crippen LogP contribution in [0.3, 0.4) is 0 Å². The van der Waals surface area contributed by atoms with E-state index >= 15 is 0 Å². The van der Waals surface area contributed by atoms with Crippen LogP contribution in [0.1, 0.15) is 109 Å². The lowest BCUT2D eigenvalue weighted by molar-refractivity contribution is -0.116. The predicted octanol–water partition coefficient (Wildman–Crippen LogP) is 2.21. The summed E-state index contributed by atoms with van der Waals surface area (Å²) < 4.78 is 3.39. The number of hydrogen-bond donors (Lipinski definition) is 20. The summed E-state index contributed by atoms with van der Waals surface area (Å²) in [4.78, 5) is 173. The number of amides is 12. The van der Waals surface area contributed by atoms with Crippen molar-refractivity contribution in [3.05, 3.63) is 87.3 Å². The number of aliphatic hydroxyl groups is 16. The van der Waals surface area contributed by atoms with Crippen molar-refractivity contribution in [2.24, 2.45) is 0 Å². The van der Waals surface area contributed by atoms with Gasteiger partial charge in [-0.25, -0.2) is 0 Å². The number of aliphatic hydroxyl groups excluding tert-OH is 16. The number of anilines is 4. The Balaban J connectivity index is 0.000000670. The molecule has 130 heavy (non-hydrogen) atoms. The van der Waals surface area contributed by atoms with Gasteiger partial charge >= 0.3 is 0 Å². The Morgan fingerprint density at radius 2 is 0.331 bits per heavy atom. The zero-order valence-electron chi connectivity index (χ0n) is 70.6. The number of halogens is 12. The third kappa shape index (κ3) is 35.5. The van der Waals surface area contributed by atoms with Gasteiger partial charge in [-0.2, -0.15) is 23.5 Å². The van der Waals surface area contributed by atoms with Gasteiger partial charge in [0, 0.05) is 172 Å². The molecule has 4 aromatic carbocycles. The molecule has 0 saturated heterocycles. The molecule has 0 fully saturated rings. The van der Waals surface area contributed by atoms with Crippen molar-refractivity contribution >= 4 is 388 Å². The smallest absolute Gasteiger partial charge is 0.255 e. The second-order valence-corrected chi connectivity index (χ2v) is 44.3. The van der Waals surface area contributed by atoms with Crippen molar-refractivity contribution in [3.8, 4) is 0 Å². The summed E-state index contributed by atoms with van der Waals surface area (Å²) in [6.07, 6.45) is -10.1. The minimum Gasteiger partial charge on any atom is -0.394 e. The molecule has 0 aliphatic rings. The number of hydrogen-bond acceptors (Lipinski definition) is 30. The molecule has 12 amide bonds. The van der Waals surface area contributed by atoms with Crippen molar-refractivity contribution in [2.75, 3.05) is 206 Å². The van der Waals surface area contributed by atoms with Crippen LogP contribution in [0.4, 0.5) is 22.7 Å². The summed E-state index contributed by atoms with van der Waals surface area (Å²) in [5, 5.41) is 166. The molecule has 0 aromatic heterocycles. The van der Waals surface area contributed by atoms with E-state index in [4.69, 9.17) is 0 Å². The summed E-state index contributed by atoms with van der Waals surface area (Å²) in [5.41, 5.74) is 1.12. The van der Waals surface area contributed by atoms with E-state index in [9.17, 15) is 139 Å². The second-order valence-electron chi connectivity index (χ2n) is 28.9. The molecule has 8 unspecified atom stereocenters. The summed E-state index contributed by atoms with van der Waals surface area (Å²) in [6, 6.07) is 0. The number of benzene rings is 4. The van der Waals surface area contributed by atoms with Crippen molar-refractivity contribution in [1.82, 2.24) is 39.2 Å². The molecule has 4 rings (SSSR count). The van der Waals surface area contributed by atoms with Crippen LogP contribution in [0.15, 0.2) is 0 Å². The van der Waals surface area contributed by atoms with E-state index in [0.717, 1.165) is 0 Å². The molecule has 0 aliphatic heterocycles. The van der Waals surface area contributed by atoms with Gasteiger partial charge in [0.2, 0.25) is 23.6 Å². The lowest BCUT2D eigenvalue weighted by Crippen LogP contribution is -2.39. The number of rotatable bonds is 48. The van der Waals surface area contributed by atoms with Gasteiger partial charge in [-0.05, 0) is 271 Å². The van der Waals surface area contributed by atoms with E-state index in [1.165, 1.54) is 119 Å². The molecule has 0 bridgehead atoms. The van der Waals surface area contributed by atoms with Gasteiger partial charge in [0.15, 0.2) is 0 Å². The van der Waals surface area contributed by atoms with Crippen LogP contribution < -0.4 is 21.3 Å². The number of thioether (sulfide) groups is 2. The highest BCUT2D eigenvalue weighted by Gasteiger charge is 2.38. The highest BCUT2D eigenvalue weighted by atomic mass is 127. The Labute approximate surface area is 921 Å². The van der Waals surface area contributed by atoms with Crippen LogP contribution in [0.2, 0.25) is 0 Å². The maximum atomic E-state index is 13.8. The maximum Gasteiger partial charge on any atom is 0.255 e. The first-order chi connectivity index (χ1) is 60.8. The average Bonchev–Trinajstić information content (AvgIpc) is 0.775. The van der Waals surface area contributed by atoms with Crippen molar-refractivity contribution in [3.63, 3.8) is 0 Å². The third-order valence-electron chi connectivity index (χ3n) is 18.3. The largest absolute Gasteiger partial charge is 0.394 e. The van der Waals surface area contributed by atoms with Crippen LogP contribution in [-0.2, 0) is 19.2 Å². The van der Waals surface area contributed by atoms with E-state index in [-0.39, 0.29) is 183 Å². The fraction of sp³-hybridized carbons (Fsp3) is 0.526. The summed E-state index contributed by atoms with van der Waals surface area (Å²) >= 11 is 25.1. The van der Waals surface area contributed by atoms with E-state index in [1.807, 2.05) is 271 Å². The quantitative estimate of drug-likeness (QED) is 0.0223. The number of carbonyl (C=O) groups is 12. The van der Waals surface area contributed by atoms with Crippen molar-refractivity contribution < 1.29 is 139 Å². The average molecular weight is 3220 g/mol. The monoisotopic (exact) mass is 3220 g/mol. The van der Waals surface area contributed by atoms with E-state index in [1.54, 1.807) is 0 Å². The molecule has 0 aliphatic carbocycles. The van der Waals surface area contributed by atoms with Crippen LogP contribution >= 0.6 is 295 Å². The van der Waals surface area contributed by atoms with Gasteiger partial charge in [-0.15, -0.1) is 0 Å². The predicted molar refractivity (Wildman–Crippen MR) is 586 cm³/mol. The standard InChI is InChI=1S/2C38H50I6N6O14S/c2*1-47(9-17(55)13-51)35(61)23-27(39)24(36(62)48(2)10-18(56)14-52)30(42)33(29(23)41)45-21(59)5-7-65-8-6-22(60)46-34-31(43)25(37(63)49(3)11-19(57)15-53)28(40)26(32(34)44)38(64)50(4)12-20(58)16-54/h2*17-20,51-58H,5-16H2,1-4H3,(H,45,59)(H,46,60). The molecule has 0 saturated carbocycles. The number of carbonyl (C=O) groups excluding carboxylic acids is 12. The van der Waals surface area contributed by atoms with Crippen LogP contribution in [0, 0.1) is 42.8 Å². The minimum absolute atomic E-state index is 0.0525. The number of nitrogens with one attached hydrogen (secondary N) is 4. The molecule has 8 atom stereocenters. The molecule has 0 radical (unpaired) electrons. The zero-order valence-corrected chi connectivity index (χ0v) is 98.1. The Morgan fingerprint density at radius 3 is 0.431 bits per heavy atom. The Morgan fingerprint density at radius 1 is 0.223 bits per heavy atom. The first kappa shape index (κ1) is 123. The van der Waals surface area contributed by atoms with Gasteiger partial charge in [-0.3, -0.25) is 57.5 Å². The van der Waals surface area contributed by atoms with Gasteiger partial charge in [-0.1, -0.05) is 0 Å². The van der Waals surface area contributed by atoms with Gasteiger partial charge < -0.3 is 142 Å². The molecular weight excluding hydrogens is 3120 g/mol. The lowest BCUT2D eigenvalue weighted by atomic mass is 10.1. The SMILES string of the molecule is CN(CC(O)CO)C(=O)c1c(I)c(NC(=O)CCSCCC(=O)Nc2c(I)c(C(=O)N(C)CC(O)CO)c(I)c(C(=O)N(C)CC(O)CO)c2I)c(I)c(C(=O)N(C)CC(O)CO)c1I.CN(CC(O)CO)C(=O)c1c(I)c(NC(=O)CCSCCC(=O)Nc2c(I)c(C(=O)N(C)CC(O)CO)c(I)c(C(=O)N(C)CC(O)CO)c2I)c(I)c(C(=O)N(C)CC(O)CO)c1I. The topological polar surface area (TPSA) is 603 Å². The molecule has 728 valence electrons. The third-order valence-corrected chi connectivity index (χ3v) is 33.2. The fourth-order valence-corrected chi connectivity index (χ4v) is 30.6. The van der Waals surface area contributed by atoms with E-state index < -0.39 is 173 Å². The molecule has 0 heterocycles. The molecule has 40 nitrogen and oxygen atoms in total. The molecule has 54 heteroatoms. The Bertz CT molecular complexity index is 3930. The maximum absolute atomic E-state index is 13.8. The van der Waals surface area contributed by atoms with E-state index in [0.29, 0.717) is 28.6 Å². The second kappa shape index (κ2) is 60.6. The number of likely N-dealkylation sites (N-methyl/N-ethyl adjacent to an activating group) is 8. The first-order valence-corrected chi connectivity index (χ1v) is 53.6. The number of nitrogens with zero attached hydrogens (tertiary/aromatic N) is 8. The van der Waals surface area contributed by atoms with Crippen molar-refractivity contribution in [1.29, 1.82) is 0 Å². The van der Waals surface area contributed by atoms with Gasteiger partial charge in [0.25, 0.3) is 47.3 Å². The zero-order chi connectivity index (χ0) is 99.2. The highest BCUT2D eigenvalue weighted by molar-refractivity contribution is 14.1. The molecular formula is C76H100I12N12O28S2. The summed E-state index contributed by atoms with van der Waals surface area (Å²) in [6.45, 7) is -6.63. The van der Waals surface area contributed by atoms with Gasteiger partial charge in [0.1, 0.15) is 0 Å². The van der Waals surface area contributed by atoms with Gasteiger partial charge in [0.05, 0.1) is 198 Å².